The molecule has 0 atom stereocenters. The number of halogens is 2. The van der Waals surface area contributed by atoms with Crippen LogP contribution < -0.4 is 4.90 Å². The molecule has 0 aliphatic rings. The first-order valence-corrected chi connectivity index (χ1v) is 6.90. The van der Waals surface area contributed by atoms with Crippen LogP contribution >= 0.6 is 22.6 Å². The molecule has 0 spiro atoms. The molecule has 0 bridgehead atoms. The summed E-state index contributed by atoms with van der Waals surface area (Å²) in [5, 5.41) is 20.3. The molecule has 2 aromatic rings. The van der Waals surface area contributed by atoms with Crippen LogP contribution in [-0.2, 0) is 0 Å². The highest BCUT2D eigenvalue weighted by Gasteiger charge is 2.22. The molecule has 0 saturated heterocycles. The zero-order chi connectivity index (χ0) is 15.6. The third-order valence-electron chi connectivity index (χ3n) is 2.96. The molecule has 0 amide bonds. The molecular formula is C14H9FIN3O2. The Morgan fingerprint density at radius 3 is 2.62 bits per heavy atom. The lowest BCUT2D eigenvalue weighted by molar-refractivity contribution is -0.384. The number of nitro groups is 1. The van der Waals surface area contributed by atoms with E-state index in [2.05, 4.69) is 0 Å². The summed E-state index contributed by atoms with van der Waals surface area (Å²) >= 11 is 1.70. The van der Waals surface area contributed by atoms with Gasteiger partial charge in [0.1, 0.15) is 17.6 Å². The van der Waals surface area contributed by atoms with Crippen LogP contribution in [0.2, 0.25) is 0 Å². The highest BCUT2D eigenvalue weighted by atomic mass is 127. The molecule has 2 rings (SSSR count). The van der Waals surface area contributed by atoms with Gasteiger partial charge in [-0.25, -0.2) is 4.39 Å². The van der Waals surface area contributed by atoms with E-state index in [1.165, 1.54) is 11.0 Å². The zero-order valence-electron chi connectivity index (χ0n) is 10.9. The van der Waals surface area contributed by atoms with Crippen molar-refractivity contribution >= 4 is 39.7 Å². The number of hydrogen-bond acceptors (Lipinski definition) is 4. The molecule has 106 valence electrons. The monoisotopic (exact) mass is 397 g/mol. The summed E-state index contributed by atoms with van der Waals surface area (Å²) in [4.78, 5) is 12.0. The first-order chi connectivity index (χ1) is 9.95. The quantitative estimate of drug-likeness (QED) is 0.447. The van der Waals surface area contributed by atoms with Crippen LogP contribution in [0.15, 0.2) is 36.4 Å². The molecule has 0 aromatic heterocycles. The number of nitrogens with zero attached hydrogens (tertiary/aromatic N) is 3. The van der Waals surface area contributed by atoms with E-state index in [-0.39, 0.29) is 14.9 Å². The van der Waals surface area contributed by atoms with Crippen molar-refractivity contribution in [2.45, 2.75) is 0 Å². The predicted molar refractivity (Wildman–Crippen MR) is 85.0 cm³/mol. The summed E-state index contributed by atoms with van der Waals surface area (Å²) in [7, 11) is 1.56. The van der Waals surface area contributed by atoms with E-state index in [4.69, 9.17) is 5.26 Å². The normalized spacial score (nSPS) is 10.0. The van der Waals surface area contributed by atoms with Crippen LogP contribution in [0, 0.1) is 30.8 Å². The molecule has 5 nitrogen and oxygen atoms in total. The Hall–Kier alpha value is -2.21. The van der Waals surface area contributed by atoms with Crippen molar-refractivity contribution in [3.05, 3.63) is 61.5 Å². The second-order valence-corrected chi connectivity index (χ2v) is 5.36. The number of nitriles is 1. The van der Waals surface area contributed by atoms with E-state index in [1.807, 2.05) is 6.07 Å². The van der Waals surface area contributed by atoms with Crippen molar-refractivity contribution < 1.29 is 9.31 Å². The van der Waals surface area contributed by atoms with Gasteiger partial charge in [-0.2, -0.15) is 5.26 Å². The summed E-state index contributed by atoms with van der Waals surface area (Å²) in [6, 6.07) is 10.9. The van der Waals surface area contributed by atoms with Gasteiger partial charge >= 0.3 is 0 Å². The molecule has 0 heterocycles. The van der Waals surface area contributed by atoms with E-state index >= 15 is 0 Å². The van der Waals surface area contributed by atoms with Gasteiger partial charge in [0.25, 0.3) is 5.69 Å². The first-order valence-electron chi connectivity index (χ1n) is 5.82. The van der Waals surface area contributed by atoms with Gasteiger partial charge in [0.05, 0.1) is 19.7 Å². The lowest BCUT2D eigenvalue weighted by Gasteiger charge is -2.20. The van der Waals surface area contributed by atoms with Crippen molar-refractivity contribution in [3.8, 4) is 6.07 Å². The minimum absolute atomic E-state index is 0.0978. The molecule has 0 radical (unpaired) electrons. The van der Waals surface area contributed by atoms with Gasteiger partial charge in [0, 0.05) is 19.2 Å². The fourth-order valence-corrected chi connectivity index (χ4v) is 2.38. The van der Waals surface area contributed by atoms with Gasteiger partial charge < -0.3 is 4.90 Å². The Morgan fingerprint density at radius 2 is 2.00 bits per heavy atom. The average Bonchev–Trinajstić information content (AvgIpc) is 2.48. The standard InChI is InChI=1S/C14H9FIN3O2/c1-18(12-5-3-2-4-9(12)8-17)13-6-10(15)11(16)7-14(13)19(20)21/h2-7H,1H3. The Bertz CT molecular complexity index is 758. The number of anilines is 2. The largest absolute Gasteiger partial charge is 0.338 e. The third-order valence-corrected chi connectivity index (χ3v) is 3.79. The SMILES string of the molecule is CN(c1ccccc1C#N)c1cc(F)c(I)cc1[N+](=O)[O-]. The molecule has 0 saturated carbocycles. The molecule has 0 unspecified atom stereocenters. The molecule has 2 aromatic carbocycles. The van der Waals surface area contributed by atoms with Crippen molar-refractivity contribution in [1.82, 2.24) is 0 Å². The van der Waals surface area contributed by atoms with Crippen LogP contribution in [0.25, 0.3) is 0 Å². The minimum Gasteiger partial charge on any atom is -0.338 e. The average molecular weight is 397 g/mol. The van der Waals surface area contributed by atoms with Gasteiger partial charge in [0.2, 0.25) is 0 Å². The third kappa shape index (κ3) is 2.95. The number of nitro benzene ring substituents is 1. The Kier molecular flexibility index (Phi) is 4.37. The van der Waals surface area contributed by atoms with Crippen LogP contribution in [0.4, 0.5) is 21.5 Å². The van der Waals surface area contributed by atoms with Crippen LogP contribution in [-0.4, -0.2) is 12.0 Å². The maximum Gasteiger partial charge on any atom is 0.294 e. The van der Waals surface area contributed by atoms with Crippen molar-refractivity contribution in [1.29, 1.82) is 5.26 Å². The van der Waals surface area contributed by atoms with E-state index in [1.54, 1.807) is 53.9 Å². The van der Waals surface area contributed by atoms with Crippen LogP contribution in [0.5, 0.6) is 0 Å². The smallest absolute Gasteiger partial charge is 0.294 e. The van der Waals surface area contributed by atoms with Gasteiger partial charge in [0.15, 0.2) is 0 Å². The maximum atomic E-state index is 13.8. The summed E-state index contributed by atoms with van der Waals surface area (Å²) in [5.41, 5.74) is 0.716. The number of para-hydroxylation sites is 1. The Balaban J connectivity index is 2.63. The number of hydrogen-bond donors (Lipinski definition) is 0. The molecule has 0 aliphatic carbocycles. The predicted octanol–water partition coefficient (Wildman–Crippen LogP) is 3.98. The van der Waals surface area contributed by atoms with Crippen molar-refractivity contribution in [2.24, 2.45) is 0 Å². The Morgan fingerprint density at radius 1 is 1.33 bits per heavy atom. The van der Waals surface area contributed by atoms with E-state index < -0.39 is 10.7 Å². The Labute approximate surface area is 133 Å². The zero-order valence-corrected chi connectivity index (χ0v) is 13.0. The highest BCUT2D eigenvalue weighted by Crippen LogP contribution is 2.36. The molecule has 0 N–H and O–H groups in total. The van der Waals surface area contributed by atoms with Gasteiger partial charge in [-0.3, -0.25) is 10.1 Å². The summed E-state index contributed by atoms with van der Waals surface area (Å²) in [5.74, 6) is -0.544. The van der Waals surface area contributed by atoms with Gasteiger partial charge in [-0.15, -0.1) is 0 Å². The second kappa shape index (κ2) is 6.05. The van der Waals surface area contributed by atoms with Crippen LogP contribution in [0.3, 0.4) is 0 Å². The van der Waals surface area contributed by atoms with Crippen LogP contribution in [0.1, 0.15) is 5.56 Å². The van der Waals surface area contributed by atoms with E-state index in [9.17, 15) is 14.5 Å². The van der Waals surface area contributed by atoms with Gasteiger partial charge in [-0.1, -0.05) is 12.1 Å². The first kappa shape index (κ1) is 15.2. The second-order valence-electron chi connectivity index (χ2n) is 4.20. The molecular weight excluding hydrogens is 388 g/mol. The topological polar surface area (TPSA) is 70.2 Å². The van der Waals surface area contributed by atoms with E-state index in [0.717, 1.165) is 6.07 Å². The molecule has 7 heteroatoms. The summed E-state index contributed by atoms with van der Waals surface area (Å²) in [6.45, 7) is 0. The summed E-state index contributed by atoms with van der Waals surface area (Å²) in [6.07, 6.45) is 0. The lowest BCUT2D eigenvalue weighted by atomic mass is 10.1. The van der Waals surface area contributed by atoms with Gasteiger partial charge in [-0.05, 0) is 34.7 Å². The van der Waals surface area contributed by atoms with E-state index in [0.29, 0.717) is 11.3 Å². The molecule has 21 heavy (non-hydrogen) atoms. The lowest BCUT2D eigenvalue weighted by Crippen LogP contribution is -2.13. The molecule has 0 aliphatic heterocycles. The fraction of sp³-hybridized carbons (Fsp3) is 0.0714. The summed E-state index contributed by atoms with van der Waals surface area (Å²) < 4.78 is 13.9. The highest BCUT2D eigenvalue weighted by molar-refractivity contribution is 14.1. The fourth-order valence-electron chi connectivity index (χ4n) is 1.93. The molecule has 0 fully saturated rings. The van der Waals surface area contributed by atoms with Crippen molar-refractivity contribution in [3.63, 3.8) is 0 Å². The minimum atomic E-state index is -0.567. The van der Waals surface area contributed by atoms with Crippen molar-refractivity contribution in [2.75, 3.05) is 11.9 Å². The number of benzene rings is 2. The maximum absolute atomic E-state index is 13.8. The number of rotatable bonds is 3.